The lowest BCUT2D eigenvalue weighted by Gasteiger charge is -2.35. The molecule has 3 heterocycles. The highest BCUT2D eigenvalue weighted by atomic mass is 35.5. The van der Waals surface area contributed by atoms with E-state index in [1.165, 1.54) is 0 Å². The van der Waals surface area contributed by atoms with E-state index in [2.05, 4.69) is 26.0 Å². The van der Waals surface area contributed by atoms with Gasteiger partial charge >= 0.3 is 0 Å². The van der Waals surface area contributed by atoms with Crippen LogP contribution in [0, 0.1) is 16.2 Å². The molecule has 1 saturated heterocycles. The SMILES string of the molecule is N#Cc1ccnc(N2CCN(Cn3nc(COc4ccc(Cl)cc4)oc3=S)CC2)c1. The van der Waals surface area contributed by atoms with Crippen molar-refractivity contribution in [2.24, 2.45) is 0 Å². The molecule has 30 heavy (non-hydrogen) atoms. The molecule has 0 unspecified atom stereocenters. The number of piperazine rings is 1. The van der Waals surface area contributed by atoms with E-state index in [1.807, 2.05) is 6.07 Å². The van der Waals surface area contributed by atoms with Crippen LogP contribution in [0.25, 0.3) is 0 Å². The van der Waals surface area contributed by atoms with Crippen molar-refractivity contribution in [3.05, 3.63) is 63.9 Å². The van der Waals surface area contributed by atoms with Gasteiger partial charge in [-0.05, 0) is 48.6 Å². The highest BCUT2D eigenvalue weighted by molar-refractivity contribution is 7.71. The van der Waals surface area contributed by atoms with Crippen molar-refractivity contribution in [1.82, 2.24) is 19.7 Å². The van der Waals surface area contributed by atoms with Crippen LogP contribution in [0.2, 0.25) is 5.02 Å². The molecule has 0 N–H and O–H groups in total. The lowest BCUT2D eigenvalue weighted by Crippen LogP contribution is -2.47. The van der Waals surface area contributed by atoms with Crippen LogP contribution in [0.1, 0.15) is 11.5 Å². The number of hydrogen-bond acceptors (Lipinski definition) is 8. The van der Waals surface area contributed by atoms with Crippen molar-refractivity contribution in [1.29, 1.82) is 5.26 Å². The predicted molar refractivity (Wildman–Crippen MR) is 114 cm³/mol. The number of nitriles is 1. The van der Waals surface area contributed by atoms with E-state index in [0.29, 0.717) is 33.7 Å². The molecule has 1 aliphatic heterocycles. The van der Waals surface area contributed by atoms with Gasteiger partial charge in [-0.25, -0.2) is 9.67 Å². The molecular formula is C20H19ClN6O2S. The van der Waals surface area contributed by atoms with E-state index >= 15 is 0 Å². The first-order chi connectivity index (χ1) is 14.6. The molecule has 8 nitrogen and oxygen atoms in total. The summed E-state index contributed by atoms with van der Waals surface area (Å²) in [5.41, 5.74) is 0.615. The summed E-state index contributed by atoms with van der Waals surface area (Å²) in [5, 5.41) is 14.1. The Labute approximate surface area is 183 Å². The van der Waals surface area contributed by atoms with Gasteiger partial charge in [0.15, 0.2) is 6.61 Å². The normalized spacial score (nSPS) is 14.5. The standard InChI is InChI=1S/C20H19ClN6O2S/c21-16-1-3-17(4-2-16)28-13-19-24-27(20(30)29-19)14-25-7-9-26(10-8-25)18-11-15(12-22)5-6-23-18/h1-6,11H,7-10,13-14H2. The molecule has 2 aromatic heterocycles. The van der Waals surface area contributed by atoms with E-state index in [-0.39, 0.29) is 6.61 Å². The number of nitrogens with zero attached hydrogens (tertiary/aromatic N) is 6. The summed E-state index contributed by atoms with van der Waals surface area (Å²) in [6.45, 7) is 3.99. The van der Waals surface area contributed by atoms with E-state index < -0.39 is 0 Å². The van der Waals surface area contributed by atoms with Crippen molar-refractivity contribution in [3.8, 4) is 11.8 Å². The Morgan fingerprint density at radius 3 is 2.67 bits per heavy atom. The average Bonchev–Trinajstić information content (AvgIpc) is 3.13. The fourth-order valence-corrected chi connectivity index (χ4v) is 3.46. The van der Waals surface area contributed by atoms with Gasteiger partial charge in [-0.3, -0.25) is 4.90 Å². The van der Waals surface area contributed by atoms with Crippen LogP contribution in [0.3, 0.4) is 0 Å². The van der Waals surface area contributed by atoms with Gasteiger partial charge in [-0.2, -0.15) is 5.26 Å². The van der Waals surface area contributed by atoms with Crippen LogP contribution in [-0.2, 0) is 13.3 Å². The first-order valence-corrected chi connectivity index (χ1v) is 10.2. The number of rotatable bonds is 6. The topological polar surface area (TPSA) is 83.4 Å². The minimum atomic E-state index is 0.187. The molecule has 0 saturated carbocycles. The number of ether oxygens (including phenoxy) is 1. The molecule has 1 fully saturated rings. The molecule has 0 bridgehead atoms. The highest BCUT2D eigenvalue weighted by Crippen LogP contribution is 2.17. The second kappa shape index (κ2) is 9.26. The zero-order valence-electron chi connectivity index (χ0n) is 16.1. The van der Waals surface area contributed by atoms with E-state index in [9.17, 15) is 0 Å². The minimum absolute atomic E-state index is 0.187. The van der Waals surface area contributed by atoms with Gasteiger partial charge in [0.05, 0.1) is 18.3 Å². The Morgan fingerprint density at radius 2 is 1.93 bits per heavy atom. The molecule has 0 atom stereocenters. The fourth-order valence-electron chi connectivity index (χ4n) is 3.14. The summed E-state index contributed by atoms with van der Waals surface area (Å²) in [4.78, 5) is 9.10. The molecule has 4 rings (SSSR count). The molecule has 0 aliphatic carbocycles. The summed E-state index contributed by atoms with van der Waals surface area (Å²) in [7, 11) is 0. The van der Waals surface area contributed by atoms with Gasteiger partial charge < -0.3 is 14.1 Å². The van der Waals surface area contributed by atoms with Crippen LogP contribution < -0.4 is 9.64 Å². The maximum absolute atomic E-state index is 9.06. The molecule has 1 aromatic carbocycles. The summed E-state index contributed by atoms with van der Waals surface area (Å²) >= 11 is 11.2. The molecule has 0 spiro atoms. The summed E-state index contributed by atoms with van der Waals surface area (Å²) in [6.07, 6.45) is 1.67. The van der Waals surface area contributed by atoms with Gasteiger partial charge in [0.1, 0.15) is 11.6 Å². The summed E-state index contributed by atoms with van der Waals surface area (Å²) in [6, 6.07) is 12.8. The molecular weight excluding hydrogens is 424 g/mol. The summed E-state index contributed by atoms with van der Waals surface area (Å²) in [5.74, 6) is 1.93. The minimum Gasteiger partial charge on any atom is -0.484 e. The van der Waals surface area contributed by atoms with Crippen molar-refractivity contribution in [3.63, 3.8) is 0 Å². The van der Waals surface area contributed by atoms with E-state index in [0.717, 1.165) is 32.0 Å². The smallest absolute Gasteiger partial charge is 0.288 e. The van der Waals surface area contributed by atoms with Gasteiger partial charge in [-0.15, -0.1) is 5.10 Å². The highest BCUT2D eigenvalue weighted by Gasteiger charge is 2.19. The molecule has 154 valence electrons. The Morgan fingerprint density at radius 1 is 1.17 bits per heavy atom. The van der Waals surface area contributed by atoms with Gasteiger partial charge in [-0.1, -0.05) is 11.6 Å². The maximum atomic E-state index is 9.06. The monoisotopic (exact) mass is 442 g/mol. The third-order valence-corrected chi connectivity index (χ3v) is 5.27. The third-order valence-electron chi connectivity index (χ3n) is 4.73. The largest absolute Gasteiger partial charge is 0.484 e. The number of aromatic nitrogens is 3. The maximum Gasteiger partial charge on any atom is 0.288 e. The second-order valence-corrected chi connectivity index (χ2v) is 7.55. The van der Waals surface area contributed by atoms with Crippen molar-refractivity contribution < 1.29 is 9.15 Å². The molecule has 10 heteroatoms. The zero-order valence-corrected chi connectivity index (χ0v) is 17.6. The van der Waals surface area contributed by atoms with Crippen molar-refractivity contribution >= 4 is 29.6 Å². The lowest BCUT2D eigenvalue weighted by molar-refractivity contribution is 0.191. The number of halogens is 1. The third kappa shape index (κ3) is 4.97. The van der Waals surface area contributed by atoms with Crippen LogP contribution in [0.4, 0.5) is 5.82 Å². The second-order valence-electron chi connectivity index (χ2n) is 6.76. The van der Waals surface area contributed by atoms with Gasteiger partial charge in [0.25, 0.3) is 10.7 Å². The van der Waals surface area contributed by atoms with E-state index in [4.69, 9.17) is 38.2 Å². The number of hydrogen-bond donors (Lipinski definition) is 0. The molecule has 0 radical (unpaired) electrons. The fraction of sp³-hybridized carbons (Fsp3) is 0.300. The van der Waals surface area contributed by atoms with E-state index in [1.54, 1.807) is 41.2 Å². The van der Waals surface area contributed by atoms with Crippen molar-refractivity contribution in [2.45, 2.75) is 13.3 Å². The Kier molecular flexibility index (Phi) is 6.28. The van der Waals surface area contributed by atoms with Crippen LogP contribution in [0.15, 0.2) is 47.0 Å². The van der Waals surface area contributed by atoms with Gasteiger partial charge in [0, 0.05) is 37.4 Å². The predicted octanol–water partition coefficient (Wildman–Crippen LogP) is 3.48. The molecule has 0 amide bonds. The van der Waals surface area contributed by atoms with Gasteiger partial charge in [0.2, 0.25) is 0 Å². The van der Waals surface area contributed by atoms with Crippen molar-refractivity contribution in [2.75, 3.05) is 31.1 Å². The number of pyridine rings is 1. The Bertz CT molecular complexity index is 1100. The zero-order chi connectivity index (χ0) is 20.9. The lowest BCUT2D eigenvalue weighted by atomic mass is 10.2. The Hall–Kier alpha value is -2.93. The molecule has 1 aliphatic rings. The molecule has 3 aromatic rings. The van der Waals surface area contributed by atoms with Crippen LogP contribution >= 0.6 is 23.8 Å². The quantitative estimate of drug-likeness (QED) is 0.536. The number of anilines is 1. The van der Waals surface area contributed by atoms with Crippen LogP contribution in [-0.4, -0.2) is 45.8 Å². The summed E-state index contributed by atoms with van der Waals surface area (Å²) < 4.78 is 12.9. The number of benzene rings is 1. The first-order valence-electron chi connectivity index (χ1n) is 9.39. The van der Waals surface area contributed by atoms with Crippen LogP contribution in [0.5, 0.6) is 5.75 Å². The Balaban J connectivity index is 1.31. The average molecular weight is 443 g/mol. The first kappa shape index (κ1) is 20.3.